The van der Waals surface area contributed by atoms with Crippen molar-refractivity contribution < 1.29 is 9.90 Å². The fourth-order valence-corrected chi connectivity index (χ4v) is 2.21. The van der Waals surface area contributed by atoms with Gasteiger partial charge in [-0.1, -0.05) is 23.7 Å². The summed E-state index contributed by atoms with van der Waals surface area (Å²) >= 11 is 5.91. The van der Waals surface area contributed by atoms with Crippen molar-refractivity contribution in [1.29, 1.82) is 0 Å². The predicted molar refractivity (Wildman–Crippen MR) is 74.2 cm³/mol. The van der Waals surface area contributed by atoms with Crippen LogP contribution in [-0.2, 0) is 17.6 Å². The highest BCUT2D eigenvalue weighted by Gasteiger charge is 2.18. The lowest BCUT2D eigenvalue weighted by Gasteiger charge is -2.12. The first-order valence-corrected chi connectivity index (χ1v) is 6.39. The van der Waals surface area contributed by atoms with E-state index in [9.17, 15) is 9.90 Å². The summed E-state index contributed by atoms with van der Waals surface area (Å²) in [6, 6.07) is 11.0. The quantitative estimate of drug-likeness (QED) is 0.911. The molecule has 0 radical (unpaired) electrons. The van der Waals surface area contributed by atoms with E-state index in [0.29, 0.717) is 17.9 Å². The molecule has 98 valence electrons. The Morgan fingerprint density at radius 1 is 1.16 bits per heavy atom. The van der Waals surface area contributed by atoms with Crippen LogP contribution >= 0.6 is 11.6 Å². The maximum Gasteiger partial charge on any atom is 0.307 e. The van der Waals surface area contributed by atoms with Gasteiger partial charge in [0, 0.05) is 17.4 Å². The van der Waals surface area contributed by atoms with Crippen LogP contribution < -0.4 is 0 Å². The number of nitrogens with zero attached hydrogens (tertiary/aromatic N) is 1. The van der Waals surface area contributed by atoms with Crippen LogP contribution in [0.3, 0.4) is 0 Å². The number of halogens is 1. The number of pyridine rings is 1. The van der Waals surface area contributed by atoms with Gasteiger partial charge in [-0.3, -0.25) is 9.78 Å². The molecule has 0 spiro atoms. The zero-order valence-electron chi connectivity index (χ0n) is 10.3. The van der Waals surface area contributed by atoms with Gasteiger partial charge in [0.1, 0.15) is 0 Å². The fourth-order valence-electron chi connectivity index (χ4n) is 2.00. The lowest BCUT2D eigenvalue weighted by Crippen LogP contribution is -2.19. The summed E-state index contributed by atoms with van der Waals surface area (Å²) in [5.74, 6) is -1.25. The molecule has 0 aliphatic heterocycles. The van der Waals surface area contributed by atoms with Crippen molar-refractivity contribution >= 4 is 17.6 Å². The molecule has 2 aromatic rings. The molecule has 1 aromatic carbocycles. The molecule has 0 amide bonds. The standard InChI is InChI=1S/C15H14ClNO2/c16-14-3-1-2-12(10-14)9-13(15(18)19)8-11-4-6-17-7-5-11/h1-7,10,13H,8-9H2,(H,18,19). The molecule has 0 saturated carbocycles. The third-order valence-electron chi connectivity index (χ3n) is 2.95. The van der Waals surface area contributed by atoms with E-state index < -0.39 is 11.9 Å². The minimum Gasteiger partial charge on any atom is -0.481 e. The zero-order valence-corrected chi connectivity index (χ0v) is 11.0. The molecule has 0 aliphatic carbocycles. The van der Waals surface area contributed by atoms with Crippen LogP contribution in [0.1, 0.15) is 11.1 Å². The Morgan fingerprint density at radius 2 is 1.84 bits per heavy atom. The van der Waals surface area contributed by atoms with Gasteiger partial charge >= 0.3 is 5.97 Å². The summed E-state index contributed by atoms with van der Waals surface area (Å²) in [7, 11) is 0. The molecule has 0 fully saturated rings. The van der Waals surface area contributed by atoms with Crippen LogP contribution in [0, 0.1) is 5.92 Å². The molecular weight excluding hydrogens is 262 g/mol. The predicted octanol–water partition coefficient (Wildman–Crippen LogP) is 3.22. The highest BCUT2D eigenvalue weighted by atomic mass is 35.5. The SMILES string of the molecule is O=C(O)C(Cc1ccncc1)Cc1cccc(Cl)c1. The van der Waals surface area contributed by atoms with Gasteiger partial charge in [0.2, 0.25) is 0 Å². The van der Waals surface area contributed by atoms with Crippen LogP contribution in [0.15, 0.2) is 48.8 Å². The largest absolute Gasteiger partial charge is 0.481 e. The molecule has 0 bridgehead atoms. The second kappa shape index (κ2) is 6.34. The van der Waals surface area contributed by atoms with Gasteiger partial charge in [0.25, 0.3) is 0 Å². The summed E-state index contributed by atoms with van der Waals surface area (Å²) in [4.78, 5) is 15.3. The van der Waals surface area contributed by atoms with Gasteiger partial charge in [-0.2, -0.15) is 0 Å². The Balaban J connectivity index is 2.11. The Bertz CT molecular complexity index is 557. The molecule has 19 heavy (non-hydrogen) atoms. The fraction of sp³-hybridized carbons (Fsp3) is 0.200. The summed E-state index contributed by atoms with van der Waals surface area (Å²) in [6.07, 6.45) is 4.31. The normalized spacial score (nSPS) is 12.1. The number of hydrogen-bond donors (Lipinski definition) is 1. The Kier molecular flexibility index (Phi) is 4.53. The third kappa shape index (κ3) is 4.07. The number of rotatable bonds is 5. The first-order valence-electron chi connectivity index (χ1n) is 6.01. The Hall–Kier alpha value is -1.87. The topological polar surface area (TPSA) is 50.2 Å². The Morgan fingerprint density at radius 3 is 2.47 bits per heavy atom. The minimum absolute atomic E-state index is 0.458. The van der Waals surface area contributed by atoms with Crippen LogP contribution in [0.5, 0.6) is 0 Å². The summed E-state index contributed by atoms with van der Waals surface area (Å²) in [5.41, 5.74) is 1.92. The van der Waals surface area contributed by atoms with E-state index in [4.69, 9.17) is 11.6 Å². The average molecular weight is 276 g/mol. The van der Waals surface area contributed by atoms with Gasteiger partial charge < -0.3 is 5.11 Å². The zero-order chi connectivity index (χ0) is 13.7. The molecule has 1 N–H and O–H groups in total. The molecule has 4 heteroatoms. The molecular formula is C15H14ClNO2. The van der Waals surface area contributed by atoms with Crippen molar-refractivity contribution in [1.82, 2.24) is 4.98 Å². The van der Waals surface area contributed by atoms with E-state index in [1.807, 2.05) is 30.3 Å². The maximum atomic E-state index is 11.3. The molecule has 3 nitrogen and oxygen atoms in total. The molecule has 1 heterocycles. The van der Waals surface area contributed by atoms with Crippen molar-refractivity contribution in [3.05, 3.63) is 64.9 Å². The number of hydrogen-bond acceptors (Lipinski definition) is 2. The lowest BCUT2D eigenvalue weighted by atomic mass is 9.93. The Labute approximate surface area is 116 Å². The van der Waals surface area contributed by atoms with E-state index in [2.05, 4.69) is 4.98 Å². The first-order chi connectivity index (χ1) is 9.15. The minimum atomic E-state index is -0.795. The number of aromatic nitrogens is 1. The second-order valence-electron chi connectivity index (χ2n) is 4.43. The molecule has 2 rings (SSSR count). The summed E-state index contributed by atoms with van der Waals surface area (Å²) in [5, 5.41) is 9.95. The van der Waals surface area contributed by atoms with Gasteiger partial charge in [0.15, 0.2) is 0 Å². The van der Waals surface area contributed by atoms with Crippen LogP contribution in [0.4, 0.5) is 0 Å². The van der Waals surface area contributed by atoms with Crippen molar-refractivity contribution in [3.8, 4) is 0 Å². The van der Waals surface area contributed by atoms with E-state index in [0.717, 1.165) is 11.1 Å². The van der Waals surface area contributed by atoms with E-state index in [1.165, 1.54) is 0 Å². The summed E-state index contributed by atoms with van der Waals surface area (Å²) < 4.78 is 0. The van der Waals surface area contributed by atoms with Crippen molar-refractivity contribution in [3.63, 3.8) is 0 Å². The van der Waals surface area contributed by atoms with Crippen LogP contribution in [-0.4, -0.2) is 16.1 Å². The third-order valence-corrected chi connectivity index (χ3v) is 3.19. The van der Waals surface area contributed by atoms with Gasteiger partial charge in [-0.05, 0) is 48.2 Å². The summed E-state index contributed by atoms with van der Waals surface area (Å²) in [6.45, 7) is 0. The van der Waals surface area contributed by atoms with Crippen LogP contribution in [0.2, 0.25) is 5.02 Å². The van der Waals surface area contributed by atoms with E-state index >= 15 is 0 Å². The first kappa shape index (κ1) is 13.6. The molecule has 1 unspecified atom stereocenters. The van der Waals surface area contributed by atoms with E-state index in [1.54, 1.807) is 18.5 Å². The van der Waals surface area contributed by atoms with Crippen LogP contribution in [0.25, 0.3) is 0 Å². The smallest absolute Gasteiger partial charge is 0.307 e. The number of carboxylic acids is 1. The number of carboxylic acid groups (broad SMARTS) is 1. The number of benzene rings is 1. The molecule has 0 aliphatic rings. The van der Waals surface area contributed by atoms with Crippen molar-refractivity contribution in [2.75, 3.05) is 0 Å². The second-order valence-corrected chi connectivity index (χ2v) is 4.87. The van der Waals surface area contributed by atoms with Crippen molar-refractivity contribution in [2.45, 2.75) is 12.8 Å². The van der Waals surface area contributed by atoms with Crippen molar-refractivity contribution in [2.24, 2.45) is 5.92 Å². The molecule has 0 saturated heterocycles. The van der Waals surface area contributed by atoms with E-state index in [-0.39, 0.29) is 0 Å². The lowest BCUT2D eigenvalue weighted by molar-refractivity contribution is -0.141. The van der Waals surface area contributed by atoms with Gasteiger partial charge in [-0.15, -0.1) is 0 Å². The number of carbonyl (C=O) groups is 1. The van der Waals surface area contributed by atoms with Gasteiger partial charge in [-0.25, -0.2) is 0 Å². The monoisotopic (exact) mass is 275 g/mol. The highest BCUT2D eigenvalue weighted by molar-refractivity contribution is 6.30. The van der Waals surface area contributed by atoms with Gasteiger partial charge in [0.05, 0.1) is 5.92 Å². The molecule has 1 atom stereocenters. The maximum absolute atomic E-state index is 11.3. The number of aliphatic carboxylic acids is 1. The highest BCUT2D eigenvalue weighted by Crippen LogP contribution is 2.18. The molecule has 1 aromatic heterocycles. The average Bonchev–Trinajstić information content (AvgIpc) is 2.39.